The van der Waals surface area contributed by atoms with Gasteiger partial charge in [0.25, 0.3) is 5.69 Å². The number of aromatic nitrogens is 2. The molecule has 0 fully saturated rings. The standard InChI is InChI=1S/C14H11BrN4O2/c1-18-12-5-3-9(15)7-11(12)17-14(18)8-2-4-10(16)13(6-8)19(20)21/h2-7H,16H2,1H3. The second-order valence-corrected chi connectivity index (χ2v) is 5.57. The molecule has 0 aliphatic heterocycles. The minimum atomic E-state index is -0.488. The van der Waals surface area contributed by atoms with Gasteiger partial charge in [-0.3, -0.25) is 10.1 Å². The van der Waals surface area contributed by atoms with Gasteiger partial charge in [0.15, 0.2) is 0 Å². The van der Waals surface area contributed by atoms with Gasteiger partial charge in [-0.25, -0.2) is 4.98 Å². The molecule has 1 heterocycles. The van der Waals surface area contributed by atoms with Crippen molar-refractivity contribution in [1.29, 1.82) is 0 Å². The van der Waals surface area contributed by atoms with E-state index in [0.29, 0.717) is 11.4 Å². The lowest BCUT2D eigenvalue weighted by atomic mass is 10.1. The van der Waals surface area contributed by atoms with E-state index in [2.05, 4.69) is 20.9 Å². The maximum atomic E-state index is 11.0. The predicted molar refractivity (Wildman–Crippen MR) is 84.9 cm³/mol. The monoisotopic (exact) mass is 346 g/mol. The van der Waals surface area contributed by atoms with E-state index in [9.17, 15) is 10.1 Å². The quantitative estimate of drug-likeness (QED) is 0.437. The van der Waals surface area contributed by atoms with Crippen LogP contribution in [0.2, 0.25) is 0 Å². The lowest BCUT2D eigenvalue weighted by Crippen LogP contribution is -1.98. The summed E-state index contributed by atoms with van der Waals surface area (Å²) >= 11 is 3.41. The molecule has 7 heteroatoms. The summed E-state index contributed by atoms with van der Waals surface area (Å²) in [5, 5.41) is 11.0. The average Bonchev–Trinajstić information content (AvgIpc) is 2.75. The molecule has 0 radical (unpaired) electrons. The van der Waals surface area contributed by atoms with Gasteiger partial charge >= 0.3 is 0 Å². The average molecular weight is 347 g/mol. The normalized spacial score (nSPS) is 11.0. The van der Waals surface area contributed by atoms with Gasteiger partial charge in [-0.1, -0.05) is 15.9 Å². The summed E-state index contributed by atoms with van der Waals surface area (Å²) in [6.07, 6.45) is 0. The van der Waals surface area contributed by atoms with Gasteiger partial charge in [-0.05, 0) is 30.3 Å². The number of halogens is 1. The Kier molecular flexibility index (Phi) is 3.13. The minimum Gasteiger partial charge on any atom is -0.393 e. The number of hydrogen-bond acceptors (Lipinski definition) is 4. The number of anilines is 1. The van der Waals surface area contributed by atoms with Crippen molar-refractivity contribution < 1.29 is 4.92 Å². The lowest BCUT2D eigenvalue weighted by molar-refractivity contribution is -0.383. The smallest absolute Gasteiger partial charge is 0.292 e. The fourth-order valence-electron chi connectivity index (χ4n) is 2.27. The molecule has 1 aromatic heterocycles. The Hall–Kier alpha value is -2.41. The van der Waals surface area contributed by atoms with E-state index in [0.717, 1.165) is 15.5 Å². The van der Waals surface area contributed by atoms with Gasteiger partial charge in [-0.15, -0.1) is 0 Å². The van der Waals surface area contributed by atoms with Crippen LogP contribution < -0.4 is 5.73 Å². The molecule has 21 heavy (non-hydrogen) atoms. The first-order valence-corrected chi connectivity index (χ1v) is 6.93. The van der Waals surface area contributed by atoms with E-state index in [1.54, 1.807) is 6.07 Å². The molecule has 2 aromatic carbocycles. The summed E-state index contributed by atoms with van der Waals surface area (Å²) in [7, 11) is 1.88. The number of fused-ring (bicyclic) bond motifs is 1. The highest BCUT2D eigenvalue weighted by Crippen LogP contribution is 2.30. The van der Waals surface area contributed by atoms with Gasteiger partial charge in [0, 0.05) is 23.2 Å². The molecule has 6 nitrogen and oxygen atoms in total. The highest BCUT2D eigenvalue weighted by molar-refractivity contribution is 9.10. The SMILES string of the molecule is Cn1c(-c2ccc(N)c([N+](=O)[O-])c2)nc2cc(Br)ccc21. The molecular weight excluding hydrogens is 336 g/mol. The zero-order chi connectivity index (χ0) is 15.1. The molecule has 0 bridgehead atoms. The number of nitro benzene ring substituents is 1. The molecule has 0 unspecified atom stereocenters. The number of imidazole rings is 1. The van der Waals surface area contributed by atoms with Crippen molar-refractivity contribution in [3.63, 3.8) is 0 Å². The Morgan fingerprint density at radius 2 is 2.05 bits per heavy atom. The molecule has 0 amide bonds. The van der Waals surface area contributed by atoms with Crippen molar-refractivity contribution in [2.45, 2.75) is 0 Å². The van der Waals surface area contributed by atoms with E-state index >= 15 is 0 Å². The Labute approximate surface area is 128 Å². The van der Waals surface area contributed by atoms with Gasteiger partial charge in [0.1, 0.15) is 11.5 Å². The maximum Gasteiger partial charge on any atom is 0.292 e. The Morgan fingerprint density at radius 3 is 2.76 bits per heavy atom. The first-order chi connectivity index (χ1) is 9.97. The highest BCUT2D eigenvalue weighted by Gasteiger charge is 2.16. The molecule has 0 aliphatic rings. The van der Waals surface area contributed by atoms with E-state index in [-0.39, 0.29) is 11.4 Å². The fourth-order valence-corrected chi connectivity index (χ4v) is 2.62. The number of benzene rings is 2. The van der Waals surface area contributed by atoms with Crippen molar-refractivity contribution in [2.24, 2.45) is 7.05 Å². The van der Waals surface area contributed by atoms with Crippen molar-refractivity contribution in [3.8, 4) is 11.4 Å². The van der Waals surface area contributed by atoms with Gasteiger partial charge in [0.05, 0.1) is 16.0 Å². The van der Waals surface area contributed by atoms with Crippen LogP contribution in [0.25, 0.3) is 22.4 Å². The third kappa shape index (κ3) is 2.25. The summed E-state index contributed by atoms with van der Waals surface area (Å²) in [6.45, 7) is 0. The molecule has 0 spiro atoms. The number of nitrogens with zero attached hydrogens (tertiary/aromatic N) is 3. The summed E-state index contributed by atoms with van der Waals surface area (Å²) in [5.41, 5.74) is 8.09. The Morgan fingerprint density at radius 1 is 1.29 bits per heavy atom. The predicted octanol–water partition coefficient (Wildman–Crippen LogP) is 3.49. The van der Waals surface area contributed by atoms with E-state index in [1.165, 1.54) is 12.1 Å². The number of hydrogen-bond donors (Lipinski definition) is 1. The van der Waals surface area contributed by atoms with E-state index < -0.39 is 4.92 Å². The largest absolute Gasteiger partial charge is 0.393 e. The van der Waals surface area contributed by atoms with Crippen LogP contribution in [-0.4, -0.2) is 14.5 Å². The van der Waals surface area contributed by atoms with Crippen molar-refractivity contribution in [3.05, 3.63) is 51.0 Å². The number of nitrogens with two attached hydrogens (primary N) is 1. The molecular formula is C14H11BrN4O2. The molecule has 0 saturated carbocycles. The summed E-state index contributed by atoms with van der Waals surface area (Å²) in [4.78, 5) is 15.1. The molecule has 3 rings (SSSR count). The van der Waals surface area contributed by atoms with Crippen molar-refractivity contribution in [2.75, 3.05) is 5.73 Å². The summed E-state index contributed by atoms with van der Waals surface area (Å²) < 4.78 is 2.83. The molecule has 0 saturated heterocycles. The second-order valence-electron chi connectivity index (χ2n) is 4.66. The molecule has 0 atom stereocenters. The topological polar surface area (TPSA) is 87.0 Å². The number of aryl methyl sites for hydroxylation is 1. The fraction of sp³-hybridized carbons (Fsp3) is 0.0714. The minimum absolute atomic E-state index is 0.110. The van der Waals surface area contributed by atoms with Crippen LogP contribution in [0.4, 0.5) is 11.4 Å². The molecule has 0 aliphatic carbocycles. The number of rotatable bonds is 2. The van der Waals surface area contributed by atoms with E-state index in [4.69, 9.17) is 5.73 Å². The molecule has 2 N–H and O–H groups in total. The van der Waals surface area contributed by atoms with Crippen LogP contribution in [-0.2, 0) is 7.05 Å². The molecule has 106 valence electrons. The zero-order valence-corrected chi connectivity index (χ0v) is 12.7. The number of nitro groups is 1. The van der Waals surface area contributed by atoms with Crippen LogP contribution in [0.5, 0.6) is 0 Å². The van der Waals surface area contributed by atoms with Gasteiger partial charge in [-0.2, -0.15) is 0 Å². The van der Waals surface area contributed by atoms with Crippen molar-refractivity contribution in [1.82, 2.24) is 9.55 Å². The highest BCUT2D eigenvalue weighted by atomic mass is 79.9. The summed E-state index contributed by atoms with van der Waals surface area (Å²) in [5.74, 6) is 0.659. The second kappa shape index (κ2) is 4.85. The third-order valence-electron chi connectivity index (χ3n) is 3.33. The first kappa shape index (κ1) is 13.6. The van der Waals surface area contributed by atoms with Gasteiger partial charge < -0.3 is 10.3 Å². The first-order valence-electron chi connectivity index (χ1n) is 6.13. The lowest BCUT2D eigenvalue weighted by Gasteiger charge is -2.04. The number of nitrogen functional groups attached to an aromatic ring is 1. The summed E-state index contributed by atoms with van der Waals surface area (Å²) in [6, 6.07) is 10.5. The molecule has 3 aromatic rings. The Bertz CT molecular complexity index is 873. The van der Waals surface area contributed by atoms with Crippen LogP contribution in [0.15, 0.2) is 40.9 Å². The van der Waals surface area contributed by atoms with Crippen LogP contribution in [0.1, 0.15) is 0 Å². The zero-order valence-electron chi connectivity index (χ0n) is 11.1. The third-order valence-corrected chi connectivity index (χ3v) is 3.82. The van der Waals surface area contributed by atoms with E-state index in [1.807, 2.05) is 29.8 Å². The Balaban J connectivity index is 2.23. The van der Waals surface area contributed by atoms with Gasteiger partial charge in [0.2, 0.25) is 0 Å². The van der Waals surface area contributed by atoms with Crippen molar-refractivity contribution >= 4 is 38.3 Å². The van der Waals surface area contributed by atoms with Crippen LogP contribution >= 0.6 is 15.9 Å². The van der Waals surface area contributed by atoms with Crippen LogP contribution in [0.3, 0.4) is 0 Å². The maximum absolute atomic E-state index is 11.0. The van der Waals surface area contributed by atoms with Crippen LogP contribution in [0, 0.1) is 10.1 Å².